The van der Waals surface area contributed by atoms with Gasteiger partial charge in [0.25, 0.3) is 0 Å². The zero-order valence-corrected chi connectivity index (χ0v) is 11.4. The summed E-state index contributed by atoms with van der Waals surface area (Å²) < 4.78 is 6.07. The number of ether oxygens (including phenoxy) is 1. The van der Waals surface area contributed by atoms with Crippen LogP contribution in [0.2, 0.25) is 0 Å². The number of aromatic nitrogens is 1. The molecule has 1 unspecified atom stereocenters. The molecule has 0 aliphatic heterocycles. The first kappa shape index (κ1) is 12.9. The van der Waals surface area contributed by atoms with E-state index < -0.39 is 0 Å². The number of rotatable bonds is 7. The predicted octanol–water partition coefficient (Wildman–Crippen LogP) is 1.92. The third-order valence-electron chi connectivity index (χ3n) is 2.37. The first-order chi connectivity index (χ1) is 8.29. The molecule has 17 heavy (non-hydrogen) atoms. The van der Waals surface area contributed by atoms with E-state index in [0.717, 1.165) is 17.2 Å². The molecule has 0 aromatic carbocycles. The van der Waals surface area contributed by atoms with Crippen molar-refractivity contribution in [1.29, 1.82) is 0 Å². The van der Waals surface area contributed by atoms with E-state index in [2.05, 4.69) is 10.3 Å². The summed E-state index contributed by atoms with van der Waals surface area (Å²) in [5, 5.41) is 5.26. The Labute approximate surface area is 109 Å². The van der Waals surface area contributed by atoms with Gasteiger partial charge >= 0.3 is 5.97 Å². The van der Waals surface area contributed by atoms with E-state index in [9.17, 15) is 4.79 Å². The summed E-state index contributed by atoms with van der Waals surface area (Å²) in [5.41, 5.74) is 0. The molecule has 1 saturated carbocycles. The van der Waals surface area contributed by atoms with E-state index in [4.69, 9.17) is 4.74 Å². The molecule has 1 aliphatic rings. The fourth-order valence-electron chi connectivity index (χ4n) is 1.40. The molecule has 1 aliphatic carbocycles. The Bertz CT molecular complexity index is 352. The molecule has 4 nitrogen and oxygen atoms in total. The Morgan fingerprint density at radius 1 is 1.76 bits per heavy atom. The van der Waals surface area contributed by atoms with Gasteiger partial charge in [0, 0.05) is 23.4 Å². The van der Waals surface area contributed by atoms with E-state index in [0.29, 0.717) is 18.4 Å². The number of thioether (sulfide) groups is 1. The van der Waals surface area contributed by atoms with Crippen molar-refractivity contribution >= 4 is 29.1 Å². The zero-order chi connectivity index (χ0) is 12.1. The van der Waals surface area contributed by atoms with E-state index >= 15 is 0 Å². The molecule has 1 N–H and O–H groups in total. The molecule has 1 aromatic heterocycles. The average molecular weight is 272 g/mol. The molecule has 2 rings (SSSR count). The highest BCUT2D eigenvalue weighted by molar-refractivity contribution is 8.01. The van der Waals surface area contributed by atoms with Gasteiger partial charge in [0.2, 0.25) is 0 Å². The number of hydrogen-bond donors (Lipinski definition) is 1. The van der Waals surface area contributed by atoms with Crippen LogP contribution in [0.25, 0.3) is 0 Å². The molecule has 1 aromatic rings. The van der Waals surface area contributed by atoms with Crippen LogP contribution in [0.3, 0.4) is 0 Å². The fraction of sp³-hybridized carbons (Fsp3) is 0.636. The van der Waals surface area contributed by atoms with Crippen LogP contribution in [0.1, 0.15) is 19.8 Å². The quantitative estimate of drug-likeness (QED) is 0.607. The van der Waals surface area contributed by atoms with Gasteiger partial charge in [0.05, 0.1) is 6.61 Å². The van der Waals surface area contributed by atoms with E-state index in [1.54, 1.807) is 29.3 Å². The second-order valence-electron chi connectivity index (χ2n) is 3.85. The standard InChI is InChI=1S/C11H16N2O2S2/c1-2-15-10(14)9(13-8-3-4-8)7-17-11-12-5-6-16-11/h5-6,8-9,13H,2-4,7H2,1H3. The Balaban J connectivity index is 1.83. The number of nitrogens with zero attached hydrogens (tertiary/aromatic N) is 1. The highest BCUT2D eigenvalue weighted by Crippen LogP contribution is 2.24. The van der Waals surface area contributed by atoms with Crippen molar-refractivity contribution < 1.29 is 9.53 Å². The second kappa shape index (κ2) is 6.37. The SMILES string of the molecule is CCOC(=O)C(CSc1nccs1)NC1CC1. The summed E-state index contributed by atoms with van der Waals surface area (Å²) in [5.74, 6) is 0.534. The van der Waals surface area contributed by atoms with Crippen molar-refractivity contribution in [2.24, 2.45) is 0 Å². The van der Waals surface area contributed by atoms with E-state index in [1.165, 1.54) is 0 Å². The van der Waals surface area contributed by atoms with Gasteiger partial charge in [0.15, 0.2) is 0 Å². The highest BCUT2D eigenvalue weighted by atomic mass is 32.2. The van der Waals surface area contributed by atoms with Crippen LogP contribution in [0.15, 0.2) is 15.9 Å². The summed E-state index contributed by atoms with van der Waals surface area (Å²) in [7, 11) is 0. The molecular weight excluding hydrogens is 256 g/mol. The topological polar surface area (TPSA) is 51.2 Å². The Kier molecular flexibility index (Phi) is 4.82. The van der Waals surface area contributed by atoms with Gasteiger partial charge < -0.3 is 10.1 Å². The number of hydrogen-bond acceptors (Lipinski definition) is 6. The Morgan fingerprint density at radius 2 is 2.59 bits per heavy atom. The van der Waals surface area contributed by atoms with Gasteiger partial charge in [0.1, 0.15) is 10.4 Å². The van der Waals surface area contributed by atoms with Crippen molar-refractivity contribution in [2.75, 3.05) is 12.4 Å². The highest BCUT2D eigenvalue weighted by Gasteiger charge is 2.29. The molecule has 1 atom stereocenters. The van der Waals surface area contributed by atoms with Gasteiger partial charge in [-0.15, -0.1) is 11.3 Å². The summed E-state index contributed by atoms with van der Waals surface area (Å²) >= 11 is 3.20. The fourth-order valence-corrected chi connectivity index (χ4v) is 3.08. The second-order valence-corrected chi connectivity index (χ2v) is 6.02. The summed E-state index contributed by atoms with van der Waals surface area (Å²) in [4.78, 5) is 15.9. The molecule has 0 saturated heterocycles. The number of carbonyl (C=O) groups excluding carboxylic acids is 1. The number of esters is 1. The minimum atomic E-state index is -0.212. The summed E-state index contributed by atoms with van der Waals surface area (Å²) in [6, 6.07) is 0.289. The molecule has 0 bridgehead atoms. The molecule has 0 spiro atoms. The maximum Gasteiger partial charge on any atom is 0.324 e. The van der Waals surface area contributed by atoms with E-state index in [1.807, 2.05) is 12.3 Å². The van der Waals surface area contributed by atoms with Gasteiger partial charge in [-0.25, -0.2) is 4.98 Å². The molecule has 1 heterocycles. The zero-order valence-electron chi connectivity index (χ0n) is 9.72. The van der Waals surface area contributed by atoms with Crippen LogP contribution in [-0.2, 0) is 9.53 Å². The van der Waals surface area contributed by atoms with Gasteiger partial charge in [-0.05, 0) is 19.8 Å². The molecule has 0 amide bonds. The third kappa shape index (κ3) is 4.29. The van der Waals surface area contributed by atoms with Crippen LogP contribution in [-0.4, -0.2) is 35.4 Å². The normalized spacial score (nSPS) is 16.8. The number of nitrogens with one attached hydrogen (secondary N) is 1. The van der Waals surface area contributed by atoms with Crippen LogP contribution in [0, 0.1) is 0 Å². The van der Waals surface area contributed by atoms with Gasteiger partial charge in [-0.1, -0.05) is 11.8 Å². The summed E-state index contributed by atoms with van der Waals surface area (Å²) in [6.45, 7) is 2.27. The lowest BCUT2D eigenvalue weighted by molar-refractivity contribution is -0.145. The van der Waals surface area contributed by atoms with Crippen molar-refractivity contribution in [2.45, 2.75) is 36.2 Å². The van der Waals surface area contributed by atoms with Crippen molar-refractivity contribution in [3.63, 3.8) is 0 Å². The third-order valence-corrected chi connectivity index (χ3v) is 4.43. The molecule has 6 heteroatoms. The van der Waals surface area contributed by atoms with Crippen molar-refractivity contribution in [1.82, 2.24) is 10.3 Å². The number of thiazole rings is 1. The maximum absolute atomic E-state index is 11.8. The van der Waals surface area contributed by atoms with Crippen LogP contribution in [0.5, 0.6) is 0 Å². The minimum absolute atomic E-state index is 0.150. The van der Waals surface area contributed by atoms with Gasteiger partial charge in [-0.2, -0.15) is 0 Å². The lowest BCUT2D eigenvalue weighted by atomic mass is 10.3. The lowest BCUT2D eigenvalue weighted by Gasteiger charge is -2.15. The Hall–Kier alpha value is -0.590. The molecule has 0 radical (unpaired) electrons. The van der Waals surface area contributed by atoms with Crippen LogP contribution < -0.4 is 5.32 Å². The van der Waals surface area contributed by atoms with Crippen LogP contribution >= 0.6 is 23.1 Å². The van der Waals surface area contributed by atoms with Crippen molar-refractivity contribution in [3.8, 4) is 0 Å². The molecule has 94 valence electrons. The first-order valence-corrected chi connectivity index (χ1v) is 7.61. The molecule has 1 fully saturated rings. The minimum Gasteiger partial charge on any atom is -0.465 e. The van der Waals surface area contributed by atoms with Gasteiger partial charge in [-0.3, -0.25) is 4.79 Å². The van der Waals surface area contributed by atoms with Crippen molar-refractivity contribution in [3.05, 3.63) is 11.6 Å². The molecular formula is C11H16N2O2S2. The van der Waals surface area contributed by atoms with E-state index in [-0.39, 0.29) is 12.0 Å². The Morgan fingerprint density at radius 3 is 3.18 bits per heavy atom. The summed E-state index contributed by atoms with van der Waals surface area (Å²) in [6.07, 6.45) is 4.11. The smallest absolute Gasteiger partial charge is 0.324 e. The monoisotopic (exact) mass is 272 g/mol. The predicted molar refractivity (Wildman–Crippen MR) is 69.4 cm³/mol. The lowest BCUT2D eigenvalue weighted by Crippen LogP contribution is -2.41. The maximum atomic E-state index is 11.8. The van der Waals surface area contributed by atoms with Crippen LogP contribution in [0.4, 0.5) is 0 Å². The average Bonchev–Trinajstić information content (AvgIpc) is 2.98. The first-order valence-electron chi connectivity index (χ1n) is 5.74. The number of carbonyl (C=O) groups is 1. The largest absolute Gasteiger partial charge is 0.465 e.